The van der Waals surface area contributed by atoms with Crippen molar-refractivity contribution in [2.75, 3.05) is 24.9 Å². The predicted octanol–water partition coefficient (Wildman–Crippen LogP) is 1.31. The van der Waals surface area contributed by atoms with Crippen molar-refractivity contribution >= 4 is 27.5 Å². The van der Waals surface area contributed by atoms with Gasteiger partial charge in [0.25, 0.3) is 0 Å². The van der Waals surface area contributed by atoms with E-state index in [1.165, 1.54) is 25.3 Å². The van der Waals surface area contributed by atoms with Gasteiger partial charge < -0.3 is 10.5 Å². The number of sulfonamides is 1. The Kier molecular flexibility index (Phi) is 5.30. The lowest BCUT2D eigenvalue weighted by Gasteiger charge is -2.15. The van der Waals surface area contributed by atoms with E-state index in [-0.39, 0.29) is 16.7 Å². The van der Waals surface area contributed by atoms with Crippen LogP contribution in [-0.4, -0.2) is 33.6 Å². The summed E-state index contributed by atoms with van der Waals surface area (Å²) in [6.07, 6.45) is 1.93. The van der Waals surface area contributed by atoms with Gasteiger partial charge in [0.2, 0.25) is 10.0 Å². The van der Waals surface area contributed by atoms with Gasteiger partial charge in [-0.05, 0) is 25.3 Å². The highest BCUT2D eigenvalue weighted by atomic mass is 32.2. The molecule has 0 heterocycles. The first-order valence-electron chi connectivity index (χ1n) is 5.35. The highest BCUT2D eigenvalue weighted by Crippen LogP contribution is 2.26. The molecule has 1 aromatic rings. The molecule has 0 aliphatic carbocycles. The first-order valence-corrected chi connectivity index (χ1v) is 8.23. The average molecular weight is 290 g/mol. The second kappa shape index (κ2) is 6.31. The lowest BCUT2D eigenvalue weighted by molar-refractivity contribution is 0.402. The molecule has 5 nitrogen and oxygen atoms in total. The van der Waals surface area contributed by atoms with Crippen LogP contribution in [0.4, 0.5) is 5.69 Å². The van der Waals surface area contributed by atoms with E-state index in [0.717, 1.165) is 0 Å². The Balaban J connectivity index is 3.05. The van der Waals surface area contributed by atoms with E-state index < -0.39 is 10.0 Å². The molecule has 102 valence electrons. The topological polar surface area (TPSA) is 81.4 Å². The molecule has 0 aliphatic rings. The van der Waals surface area contributed by atoms with E-state index in [4.69, 9.17) is 10.5 Å². The average Bonchev–Trinajstić information content (AvgIpc) is 2.27. The van der Waals surface area contributed by atoms with Crippen molar-refractivity contribution < 1.29 is 13.2 Å². The molecule has 1 atom stereocenters. The summed E-state index contributed by atoms with van der Waals surface area (Å²) < 4.78 is 32.0. The Morgan fingerprint density at radius 1 is 1.50 bits per heavy atom. The van der Waals surface area contributed by atoms with Crippen molar-refractivity contribution in [3.05, 3.63) is 18.2 Å². The number of thioether (sulfide) groups is 1. The molecule has 0 aliphatic heterocycles. The fourth-order valence-electron chi connectivity index (χ4n) is 1.52. The van der Waals surface area contributed by atoms with Gasteiger partial charge in [0.1, 0.15) is 10.6 Å². The summed E-state index contributed by atoms with van der Waals surface area (Å²) in [5, 5.41) is 0. The number of methoxy groups -OCH3 is 1. The Labute approximate surface area is 112 Å². The molecule has 0 amide bonds. The monoisotopic (exact) mass is 290 g/mol. The molecule has 1 aromatic carbocycles. The van der Waals surface area contributed by atoms with E-state index in [2.05, 4.69) is 4.72 Å². The first kappa shape index (κ1) is 15.1. The molecule has 0 radical (unpaired) electrons. The summed E-state index contributed by atoms with van der Waals surface area (Å²) >= 11 is 1.58. The maximum atomic E-state index is 12.2. The molecule has 0 spiro atoms. The van der Waals surface area contributed by atoms with Gasteiger partial charge in [-0.3, -0.25) is 0 Å². The molecule has 1 rings (SSSR count). The van der Waals surface area contributed by atoms with Crippen molar-refractivity contribution in [3.63, 3.8) is 0 Å². The lowest BCUT2D eigenvalue weighted by atomic mass is 10.3. The maximum Gasteiger partial charge on any atom is 0.244 e. The molecule has 3 N–H and O–H groups in total. The van der Waals surface area contributed by atoms with Crippen LogP contribution in [0.2, 0.25) is 0 Å². The minimum Gasteiger partial charge on any atom is -0.495 e. The highest BCUT2D eigenvalue weighted by molar-refractivity contribution is 7.98. The zero-order chi connectivity index (χ0) is 13.8. The fourth-order valence-corrected chi connectivity index (χ4v) is 3.60. The standard InChI is InChI=1S/C11H18N2O3S2/c1-8(7-17-3)13-18(14,15)11-5-4-9(12)6-10(11)16-2/h4-6,8,13H,7,12H2,1-3H3. The number of rotatable bonds is 6. The van der Waals surface area contributed by atoms with Crippen LogP contribution in [0.15, 0.2) is 23.1 Å². The predicted molar refractivity (Wildman–Crippen MR) is 75.6 cm³/mol. The first-order chi connectivity index (χ1) is 8.40. The Morgan fingerprint density at radius 2 is 2.17 bits per heavy atom. The van der Waals surface area contributed by atoms with Gasteiger partial charge in [-0.25, -0.2) is 13.1 Å². The second-order valence-electron chi connectivity index (χ2n) is 3.89. The van der Waals surface area contributed by atoms with E-state index in [1.54, 1.807) is 11.8 Å². The molecule has 7 heteroatoms. The van der Waals surface area contributed by atoms with Gasteiger partial charge >= 0.3 is 0 Å². The zero-order valence-corrected chi connectivity index (χ0v) is 12.3. The fraction of sp³-hybridized carbons (Fsp3) is 0.455. The van der Waals surface area contributed by atoms with Crippen LogP contribution in [0.25, 0.3) is 0 Å². The summed E-state index contributed by atoms with van der Waals surface area (Å²) in [6.45, 7) is 1.82. The maximum absolute atomic E-state index is 12.2. The third-order valence-electron chi connectivity index (χ3n) is 2.25. The molecule has 18 heavy (non-hydrogen) atoms. The summed E-state index contributed by atoms with van der Waals surface area (Å²) in [4.78, 5) is 0.104. The third-order valence-corrected chi connectivity index (χ3v) is 4.71. The molecule has 0 saturated carbocycles. The minimum absolute atomic E-state index is 0.104. The van der Waals surface area contributed by atoms with Crippen LogP contribution in [0.1, 0.15) is 6.92 Å². The van der Waals surface area contributed by atoms with Gasteiger partial charge in [0.05, 0.1) is 7.11 Å². The molecule has 1 unspecified atom stereocenters. The Bertz CT molecular complexity index is 503. The van der Waals surface area contributed by atoms with E-state index in [1.807, 2.05) is 13.2 Å². The van der Waals surface area contributed by atoms with Crippen LogP contribution in [0, 0.1) is 0 Å². The summed E-state index contributed by atoms with van der Waals surface area (Å²) in [5.74, 6) is 0.954. The summed E-state index contributed by atoms with van der Waals surface area (Å²) in [5.41, 5.74) is 6.06. The zero-order valence-electron chi connectivity index (χ0n) is 10.6. The minimum atomic E-state index is -3.59. The van der Waals surface area contributed by atoms with Gasteiger partial charge in [-0.15, -0.1) is 0 Å². The van der Waals surface area contributed by atoms with Crippen molar-refractivity contribution in [2.24, 2.45) is 0 Å². The van der Waals surface area contributed by atoms with Gasteiger partial charge in [0, 0.05) is 23.5 Å². The van der Waals surface area contributed by atoms with Crippen LogP contribution < -0.4 is 15.2 Å². The molecular formula is C11H18N2O3S2. The van der Waals surface area contributed by atoms with Crippen molar-refractivity contribution in [1.82, 2.24) is 4.72 Å². The van der Waals surface area contributed by atoms with Gasteiger partial charge in [-0.2, -0.15) is 11.8 Å². The molecule has 0 aromatic heterocycles. The summed E-state index contributed by atoms with van der Waals surface area (Å²) in [7, 11) is -2.17. The van der Waals surface area contributed by atoms with E-state index >= 15 is 0 Å². The Hall–Kier alpha value is -0.920. The van der Waals surface area contributed by atoms with Crippen molar-refractivity contribution in [3.8, 4) is 5.75 Å². The molecule has 0 bridgehead atoms. The van der Waals surface area contributed by atoms with E-state index in [0.29, 0.717) is 11.4 Å². The van der Waals surface area contributed by atoms with Crippen LogP contribution in [0.3, 0.4) is 0 Å². The number of hydrogen-bond donors (Lipinski definition) is 2. The largest absolute Gasteiger partial charge is 0.495 e. The van der Waals surface area contributed by atoms with Crippen LogP contribution in [-0.2, 0) is 10.0 Å². The second-order valence-corrected chi connectivity index (χ2v) is 6.48. The van der Waals surface area contributed by atoms with Gasteiger partial charge in [-0.1, -0.05) is 0 Å². The molecule has 0 saturated heterocycles. The Morgan fingerprint density at radius 3 is 2.72 bits per heavy atom. The highest BCUT2D eigenvalue weighted by Gasteiger charge is 2.21. The number of benzene rings is 1. The van der Waals surface area contributed by atoms with Crippen molar-refractivity contribution in [1.29, 1.82) is 0 Å². The lowest BCUT2D eigenvalue weighted by Crippen LogP contribution is -2.34. The third kappa shape index (κ3) is 3.79. The van der Waals surface area contributed by atoms with Gasteiger partial charge in [0.15, 0.2) is 0 Å². The van der Waals surface area contributed by atoms with Crippen molar-refractivity contribution in [2.45, 2.75) is 17.9 Å². The smallest absolute Gasteiger partial charge is 0.244 e. The number of nitrogens with two attached hydrogens (primary N) is 1. The summed E-state index contributed by atoms with van der Waals surface area (Å²) in [6, 6.07) is 4.33. The number of anilines is 1. The van der Waals surface area contributed by atoms with Crippen LogP contribution >= 0.6 is 11.8 Å². The number of nitrogen functional groups attached to an aromatic ring is 1. The number of hydrogen-bond acceptors (Lipinski definition) is 5. The van der Waals surface area contributed by atoms with Crippen LogP contribution in [0.5, 0.6) is 5.75 Å². The number of ether oxygens (including phenoxy) is 1. The van der Waals surface area contributed by atoms with E-state index in [9.17, 15) is 8.42 Å². The normalized spacial score (nSPS) is 13.3. The molecular weight excluding hydrogens is 272 g/mol. The quantitative estimate of drug-likeness (QED) is 0.772. The SMILES string of the molecule is COc1cc(N)ccc1S(=O)(=O)NC(C)CSC. The molecule has 0 fully saturated rings. The number of nitrogens with one attached hydrogen (secondary N) is 1.